The van der Waals surface area contributed by atoms with E-state index in [0.29, 0.717) is 37.6 Å². The zero-order chi connectivity index (χ0) is 35.7. The first-order valence-corrected chi connectivity index (χ1v) is 17.8. The van der Waals surface area contributed by atoms with Crippen molar-refractivity contribution in [2.24, 2.45) is 0 Å². The zero-order valence-corrected chi connectivity index (χ0v) is 31.0. The molecule has 0 heterocycles. The van der Waals surface area contributed by atoms with E-state index in [9.17, 15) is 19.8 Å². The zero-order valence-electron chi connectivity index (χ0n) is 31.0. The van der Waals surface area contributed by atoms with E-state index >= 15 is 0 Å². The van der Waals surface area contributed by atoms with Crippen LogP contribution in [-0.4, -0.2) is 61.8 Å². The maximum atomic E-state index is 12.3. The number of carbonyl (C=O) groups excluding carboxylic acids is 2. The van der Waals surface area contributed by atoms with Gasteiger partial charge in [0.15, 0.2) is 0 Å². The van der Waals surface area contributed by atoms with Crippen molar-refractivity contribution < 1.29 is 38.7 Å². The normalized spacial score (nSPS) is 11.9. The van der Waals surface area contributed by atoms with Crippen LogP contribution in [0.25, 0.3) is 0 Å². The molecule has 0 bridgehead atoms. The fourth-order valence-electron chi connectivity index (χ4n) is 5.46. The number of ether oxygens (including phenoxy) is 4. The Balaban J connectivity index is 1.61. The molecule has 0 radical (unpaired) electrons. The highest BCUT2D eigenvalue weighted by Gasteiger charge is 2.23. The summed E-state index contributed by atoms with van der Waals surface area (Å²) in [6.45, 7) is 18.3. The number of carbonyl (C=O) groups is 2. The molecule has 8 nitrogen and oxygen atoms in total. The number of aryl methyl sites for hydroxylation is 4. The predicted octanol–water partition coefficient (Wildman–Crippen LogP) is 8.06. The van der Waals surface area contributed by atoms with Gasteiger partial charge in [0.25, 0.3) is 0 Å². The number of esters is 2. The van der Waals surface area contributed by atoms with Crippen molar-refractivity contribution in [3.05, 3.63) is 57.6 Å². The molecule has 0 fully saturated rings. The van der Waals surface area contributed by atoms with Gasteiger partial charge in [0.2, 0.25) is 0 Å². The van der Waals surface area contributed by atoms with Crippen LogP contribution in [0.4, 0.5) is 0 Å². The van der Waals surface area contributed by atoms with Gasteiger partial charge >= 0.3 is 11.9 Å². The van der Waals surface area contributed by atoms with E-state index in [0.717, 1.165) is 71.9 Å². The molecule has 0 aliphatic carbocycles. The maximum Gasteiger partial charge on any atom is 0.306 e. The second kappa shape index (κ2) is 20.4. The lowest BCUT2D eigenvalue weighted by Gasteiger charge is -2.23. The molecule has 2 N–H and O–H groups in total. The topological polar surface area (TPSA) is 112 Å². The molecule has 0 aliphatic rings. The van der Waals surface area contributed by atoms with E-state index in [-0.39, 0.29) is 62.0 Å². The van der Waals surface area contributed by atoms with Crippen molar-refractivity contribution >= 4 is 11.9 Å². The van der Waals surface area contributed by atoms with E-state index < -0.39 is 0 Å². The van der Waals surface area contributed by atoms with Gasteiger partial charge in [-0.25, -0.2) is 0 Å². The quantitative estimate of drug-likeness (QED) is 0.101. The summed E-state index contributed by atoms with van der Waals surface area (Å²) in [6, 6.07) is 8.04. The molecule has 0 atom stereocenters. The number of phenols is 2. The minimum atomic E-state index is -0.283. The summed E-state index contributed by atoms with van der Waals surface area (Å²) >= 11 is 0. The van der Waals surface area contributed by atoms with Crippen LogP contribution in [0.5, 0.6) is 11.5 Å². The molecule has 48 heavy (non-hydrogen) atoms. The van der Waals surface area contributed by atoms with Gasteiger partial charge < -0.3 is 29.2 Å². The molecule has 0 spiro atoms. The molecule has 2 aromatic carbocycles. The first-order valence-electron chi connectivity index (χ1n) is 17.8. The van der Waals surface area contributed by atoms with E-state index in [1.807, 2.05) is 24.3 Å². The third-order valence-corrected chi connectivity index (χ3v) is 8.30. The number of hydrogen-bond donors (Lipinski definition) is 2. The van der Waals surface area contributed by atoms with Crippen LogP contribution in [0.2, 0.25) is 0 Å². The van der Waals surface area contributed by atoms with Gasteiger partial charge in [-0.1, -0.05) is 92.5 Å². The van der Waals surface area contributed by atoms with E-state index in [1.165, 1.54) is 0 Å². The number of phenolic OH excluding ortho intramolecular Hbond substituents is 2. The lowest BCUT2D eigenvalue weighted by Crippen LogP contribution is -2.16. The van der Waals surface area contributed by atoms with Crippen LogP contribution in [0.1, 0.15) is 127 Å². The van der Waals surface area contributed by atoms with E-state index in [1.54, 1.807) is 0 Å². The minimum Gasteiger partial charge on any atom is -0.507 e. The summed E-state index contributed by atoms with van der Waals surface area (Å²) in [5.41, 5.74) is 5.37. The third kappa shape index (κ3) is 14.6. The van der Waals surface area contributed by atoms with Crippen molar-refractivity contribution in [1.29, 1.82) is 0 Å². The SMILES string of the molecule is CCCCc1cc(CCC(=O)OCCOCCOCCOC(=O)CCc2cc(CCCC)c(O)c(C(C)(C)C)c2)cc(C(C)(C)C)c1O. The summed E-state index contributed by atoms with van der Waals surface area (Å²) in [5.74, 6) is 0.178. The molecule has 270 valence electrons. The molecular weight excluding hydrogens is 608 g/mol. The van der Waals surface area contributed by atoms with Crippen LogP contribution in [0.3, 0.4) is 0 Å². The van der Waals surface area contributed by atoms with Crippen molar-refractivity contribution in [2.75, 3.05) is 39.6 Å². The van der Waals surface area contributed by atoms with Crippen LogP contribution >= 0.6 is 0 Å². The van der Waals surface area contributed by atoms with Gasteiger partial charge in [-0.15, -0.1) is 0 Å². The monoisotopic (exact) mass is 670 g/mol. The Morgan fingerprint density at radius 2 is 0.917 bits per heavy atom. The Kier molecular flexibility index (Phi) is 17.5. The van der Waals surface area contributed by atoms with Crippen LogP contribution in [-0.2, 0) is 65.0 Å². The summed E-state index contributed by atoms with van der Waals surface area (Å²) in [4.78, 5) is 24.7. The number of unbranched alkanes of at least 4 members (excludes halogenated alkanes) is 2. The predicted molar refractivity (Wildman–Crippen MR) is 191 cm³/mol. The Morgan fingerprint density at radius 3 is 1.25 bits per heavy atom. The van der Waals surface area contributed by atoms with Crippen LogP contribution in [0.15, 0.2) is 24.3 Å². The summed E-state index contributed by atoms with van der Waals surface area (Å²) < 4.78 is 21.7. The Morgan fingerprint density at radius 1 is 0.562 bits per heavy atom. The largest absolute Gasteiger partial charge is 0.507 e. The van der Waals surface area contributed by atoms with Crippen LogP contribution in [0, 0.1) is 0 Å². The number of rotatable bonds is 21. The highest BCUT2D eigenvalue weighted by atomic mass is 16.6. The summed E-state index contributed by atoms with van der Waals surface area (Å²) in [7, 11) is 0. The van der Waals surface area contributed by atoms with Gasteiger partial charge in [0, 0.05) is 12.8 Å². The van der Waals surface area contributed by atoms with Crippen molar-refractivity contribution in [3.63, 3.8) is 0 Å². The van der Waals surface area contributed by atoms with E-state index in [2.05, 4.69) is 55.4 Å². The fraction of sp³-hybridized carbons (Fsp3) is 0.650. The van der Waals surface area contributed by atoms with Crippen molar-refractivity contribution in [3.8, 4) is 11.5 Å². The standard InChI is InChI=1S/C40H62O8/c1-9-11-13-31-25-29(27-33(37(31)43)39(3,4)5)15-17-35(41)47-23-21-45-19-20-46-22-24-48-36(42)18-16-30-26-32(14-12-10-2)38(44)34(28-30)40(6,7)8/h25-28,43-44H,9-24H2,1-8H3. The first kappa shape index (κ1) is 41.1. The summed E-state index contributed by atoms with van der Waals surface area (Å²) in [5, 5.41) is 21.6. The van der Waals surface area contributed by atoms with Crippen molar-refractivity contribution in [2.45, 2.75) is 130 Å². The maximum absolute atomic E-state index is 12.3. The number of benzene rings is 2. The highest BCUT2D eigenvalue weighted by Crippen LogP contribution is 2.36. The Labute approximate surface area is 289 Å². The third-order valence-electron chi connectivity index (χ3n) is 8.30. The Bertz CT molecular complexity index is 1190. The van der Waals surface area contributed by atoms with Gasteiger partial charge in [0.05, 0.1) is 26.4 Å². The average Bonchev–Trinajstić information content (AvgIpc) is 3.02. The van der Waals surface area contributed by atoms with Gasteiger partial charge in [-0.05, 0) is 82.7 Å². The first-order chi connectivity index (χ1) is 22.7. The van der Waals surface area contributed by atoms with Crippen molar-refractivity contribution in [1.82, 2.24) is 0 Å². The number of aromatic hydroxyl groups is 2. The molecule has 0 amide bonds. The average molecular weight is 671 g/mol. The molecule has 0 saturated carbocycles. The minimum absolute atomic E-state index is 0.166. The molecule has 2 rings (SSSR count). The second-order valence-electron chi connectivity index (χ2n) is 14.7. The van der Waals surface area contributed by atoms with Gasteiger partial charge in [-0.3, -0.25) is 9.59 Å². The molecule has 0 saturated heterocycles. The lowest BCUT2D eigenvalue weighted by atomic mass is 9.83. The molecule has 0 aliphatic heterocycles. The highest BCUT2D eigenvalue weighted by molar-refractivity contribution is 5.70. The lowest BCUT2D eigenvalue weighted by molar-refractivity contribution is -0.146. The fourth-order valence-corrected chi connectivity index (χ4v) is 5.46. The summed E-state index contributed by atoms with van der Waals surface area (Å²) in [6.07, 6.45) is 7.36. The molecule has 2 aromatic rings. The van der Waals surface area contributed by atoms with Gasteiger partial charge in [0.1, 0.15) is 24.7 Å². The second-order valence-corrected chi connectivity index (χ2v) is 14.7. The molecule has 0 unspecified atom stereocenters. The molecule has 8 heteroatoms. The smallest absolute Gasteiger partial charge is 0.306 e. The van der Waals surface area contributed by atoms with E-state index in [4.69, 9.17) is 18.9 Å². The molecule has 0 aromatic heterocycles. The number of hydrogen-bond acceptors (Lipinski definition) is 8. The molecular formula is C40H62O8. The van der Waals surface area contributed by atoms with Gasteiger partial charge in [-0.2, -0.15) is 0 Å². The van der Waals surface area contributed by atoms with Crippen LogP contribution < -0.4 is 0 Å². The Hall–Kier alpha value is -3.10.